The van der Waals surface area contributed by atoms with Gasteiger partial charge in [0.05, 0.1) is 63.7 Å². The maximum Gasteiger partial charge on any atom is 0.333 e. The van der Waals surface area contributed by atoms with Crippen molar-refractivity contribution in [1.29, 1.82) is 0 Å². The molecule has 60 nitrogen and oxygen atoms in total. The van der Waals surface area contributed by atoms with Crippen LogP contribution in [0.25, 0.3) is 0 Å². The van der Waals surface area contributed by atoms with E-state index in [1.807, 2.05) is 21.7 Å². The summed E-state index contributed by atoms with van der Waals surface area (Å²) in [6.45, 7) is 2.16. The molecule has 8 amide bonds. The van der Waals surface area contributed by atoms with Crippen LogP contribution in [-0.4, -0.2) is 512 Å². The predicted molar refractivity (Wildman–Crippen MR) is 412 cm³/mol. The summed E-state index contributed by atoms with van der Waals surface area (Å²) in [6.07, 6.45) is -96.4. The van der Waals surface area contributed by atoms with Crippen molar-refractivity contribution in [3.05, 3.63) is 0 Å². The average Bonchev–Trinajstić information content (AvgIpc) is 0.762. The number of ether oxygens (including phenoxy) is 19. The van der Waals surface area contributed by atoms with E-state index in [4.69, 9.17) is 90.0 Å². The summed E-state index contributed by atoms with van der Waals surface area (Å²) in [5.74, 6) is -13.8. The van der Waals surface area contributed by atoms with E-state index in [1.165, 1.54) is 13.8 Å². The van der Waals surface area contributed by atoms with E-state index in [1.54, 1.807) is 0 Å². The predicted octanol–water partition coefficient (Wildman–Crippen LogP) is -21.0. The highest BCUT2D eigenvalue weighted by atomic mass is 16.8. The number of hydrogen-bond donors (Lipinski definition) is 31. The Labute approximate surface area is 757 Å². The molecule has 31 N–H and O–H groups in total. The minimum absolute atomic E-state index is 0.260. The van der Waals surface area contributed by atoms with Crippen molar-refractivity contribution in [2.75, 3.05) is 40.6 Å². The normalized spacial score (nSPS) is 46.0. The van der Waals surface area contributed by atoms with Gasteiger partial charge >= 0.3 is 5.97 Å². The van der Waals surface area contributed by atoms with Gasteiger partial charge in [0, 0.05) is 53.8 Å². The zero-order valence-electron chi connectivity index (χ0n) is 72.3. The fourth-order valence-corrected chi connectivity index (χ4v) is 16.8. The SMILES string of the molecule is CO[C@@H]1OC(CO)[C@@H](O)[C@H](O[C@@H]2OC(C(=O)NNC(=O)CC3O[C@H](O[C@H]4OC(CC(=O)NNC(=O)C5O[C@@H](O[C@@H]6C(NC(C)=O)[C@H](OC)OC(CO)[C@H]6O)C(O)[C@@H](O)[C@@H]5O[C@@H]5OC(CO)[C@@H](O)[C@H](O[C@@H]6OC(C(=O)O)[C@@H](C)[C@H](O)C6O)C5NC(C)=O)[C@@H](O)[C@H](O)C4O)C(O)[C@@H](O)[C@@H]3O)[C@@H](O[C@@H]3OC(CO)[C@@H](O)[C@H](O[C@@H]4OC(C=O)[C@@H](C)[C@H](O)C4O)C3NC(C)=O)[C@H](O)C2O)C1NC(C)=O. The molecule has 0 aromatic carbocycles. The van der Waals surface area contributed by atoms with Gasteiger partial charge in [-0.2, -0.15) is 0 Å². The van der Waals surface area contributed by atoms with Crippen molar-refractivity contribution in [3.63, 3.8) is 0 Å². The first-order valence-electron chi connectivity index (χ1n) is 42.0. The van der Waals surface area contributed by atoms with Gasteiger partial charge in [0.15, 0.2) is 81.2 Å². The van der Waals surface area contributed by atoms with E-state index in [9.17, 15) is 165 Å². The number of hydrogen-bond acceptors (Lipinski definition) is 51. The molecule has 50 atom stereocenters. The fourth-order valence-electron chi connectivity index (χ4n) is 16.8. The number of amides is 8. The molecular weight excluding hydrogens is 1830 g/mol. The molecule has 0 bridgehead atoms. The first-order valence-corrected chi connectivity index (χ1v) is 42.0. The van der Waals surface area contributed by atoms with E-state index < -0.39 is 399 Å². The van der Waals surface area contributed by atoms with Gasteiger partial charge in [0.25, 0.3) is 11.8 Å². The summed E-state index contributed by atoms with van der Waals surface area (Å²) >= 11 is 0. The van der Waals surface area contributed by atoms with Crippen molar-refractivity contribution < 1.29 is 255 Å². The Bertz CT molecular complexity index is 3900. The van der Waals surface area contributed by atoms with Gasteiger partial charge in [-0.25, -0.2) is 4.79 Å². The number of aliphatic carboxylic acids is 1. The molecule has 0 saturated carbocycles. The van der Waals surface area contributed by atoms with E-state index in [-0.39, 0.29) is 6.29 Å². The van der Waals surface area contributed by atoms with Crippen molar-refractivity contribution in [2.45, 2.75) is 349 Å². The number of methoxy groups -OCH3 is 2. The highest BCUT2D eigenvalue weighted by Crippen LogP contribution is 2.41. The topological polar surface area (TPSA) is 908 Å². The number of aliphatic hydroxyl groups excluding tert-OH is 22. The Balaban J connectivity index is 0.856. The molecule has 10 heterocycles. The number of hydrazine groups is 2. The summed E-state index contributed by atoms with van der Waals surface area (Å²) in [7, 11) is 2.16. The van der Waals surface area contributed by atoms with Crippen LogP contribution in [0, 0.1) is 11.8 Å². The maximum atomic E-state index is 14.8. The van der Waals surface area contributed by atoms with Crippen molar-refractivity contribution in [2.24, 2.45) is 11.8 Å². The fraction of sp³-hybridized carbons (Fsp3) is 0.865. The van der Waals surface area contributed by atoms with Crippen molar-refractivity contribution in [1.82, 2.24) is 43.0 Å². The molecule has 10 aliphatic rings. The van der Waals surface area contributed by atoms with Gasteiger partial charge in [-0.1, -0.05) is 13.8 Å². The van der Waals surface area contributed by atoms with E-state index in [0.29, 0.717) is 0 Å². The molecule has 0 radical (unpaired) electrons. The Morgan fingerprint density at radius 2 is 0.545 bits per heavy atom. The molecule has 0 aromatic rings. The van der Waals surface area contributed by atoms with E-state index >= 15 is 0 Å². The quantitative estimate of drug-likeness (QED) is 0.0220. The van der Waals surface area contributed by atoms with Gasteiger partial charge in [0.1, 0.15) is 195 Å². The number of carbonyl (C=O) groups excluding carboxylic acids is 9. The second kappa shape index (κ2) is 47.5. The highest BCUT2D eigenvalue weighted by molar-refractivity contribution is 5.86. The van der Waals surface area contributed by atoms with Gasteiger partial charge in [-0.05, 0) is 0 Å². The smallest absolute Gasteiger partial charge is 0.333 e. The zero-order valence-corrected chi connectivity index (χ0v) is 72.3. The highest BCUT2D eigenvalue weighted by Gasteiger charge is 2.62. The van der Waals surface area contributed by atoms with Crippen LogP contribution in [0.15, 0.2) is 0 Å². The summed E-state index contributed by atoms with van der Waals surface area (Å²) in [5, 5.41) is 266. The Hall–Kier alpha value is -6.74. The van der Waals surface area contributed by atoms with Crippen LogP contribution >= 0.6 is 0 Å². The van der Waals surface area contributed by atoms with E-state index in [0.717, 1.165) is 41.9 Å². The molecule has 0 spiro atoms. The summed E-state index contributed by atoms with van der Waals surface area (Å²) in [6, 6.07) is -7.11. The van der Waals surface area contributed by atoms with E-state index in [2.05, 4.69) is 21.3 Å². The van der Waals surface area contributed by atoms with Crippen LogP contribution in [0.1, 0.15) is 54.4 Å². The third kappa shape index (κ3) is 24.4. The molecule has 766 valence electrons. The Morgan fingerprint density at radius 3 is 0.843 bits per heavy atom. The van der Waals surface area contributed by atoms with Gasteiger partial charge in [-0.3, -0.25) is 60.1 Å². The van der Waals surface area contributed by atoms with Crippen LogP contribution in [-0.2, 0) is 138 Å². The lowest BCUT2D eigenvalue weighted by atomic mass is 9.90. The number of nitrogens with one attached hydrogen (secondary N) is 8. The van der Waals surface area contributed by atoms with Crippen molar-refractivity contribution in [3.8, 4) is 0 Å². The van der Waals surface area contributed by atoms with Crippen LogP contribution in [0.4, 0.5) is 0 Å². The summed E-state index contributed by atoms with van der Waals surface area (Å²) in [5.41, 5.74) is 7.59. The molecule has 0 aromatic heterocycles. The van der Waals surface area contributed by atoms with Crippen LogP contribution in [0.3, 0.4) is 0 Å². The lowest BCUT2D eigenvalue weighted by Crippen LogP contribution is -2.71. The van der Waals surface area contributed by atoms with Gasteiger partial charge in [0.2, 0.25) is 35.4 Å². The minimum atomic E-state index is -2.58. The molecule has 10 saturated heterocycles. The van der Waals surface area contributed by atoms with Gasteiger partial charge < -0.3 is 234 Å². The molecule has 20 unspecified atom stereocenters. The Morgan fingerprint density at radius 1 is 0.284 bits per heavy atom. The minimum Gasteiger partial charge on any atom is -0.479 e. The Kier molecular flexibility index (Phi) is 38.7. The first-order chi connectivity index (χ1) is 63.2. The lowest BCUT2D eigenvalue weighted by Gasteiger charge is -2.50. The first kappa shape index (κ1) is 109. The lowest BCUT2D eigenvalue weighted by molar-refractivity contribution is -0.373. The molecule has 60 heteroatoms. The second-order valence-corrected chi connectivity index (χ2v) is 33.4. The molecule has 10 aliphatic heterocycles. The number of carboxylic acids is 1. The number of carboxylic acid groups (broad SMARTS) is 1. The van der Waals surface area contributed by atoms with Gasteiger partial charge in [-0.15, -0.1) is 0 Å². The van der Waals surface area contributed by atoms with Crippen molar-refractivity contribution >= 4 is 59.5 Å². The number of aldehydes is 1. The number of carbonyl (C=O) groups is 10. The second-order valence-electron chi connectivity index (χ2n) is 33.4. The standard InChI is InChI=1S/C74H118N8O52/c1-16-24(11-83)120-69(47(106)35(16)94)126-56-33(77-20(5)90)67(123-27(14-86)41(56)100)130-58-45(104)51(110)73(127-54-31(75-18(3)88)65(116-7)121-25(12-84)39(54)98)132-60(58)62(112)81-79-29(92)9-22-37(96)43(102)49(108)70(118-22)134-71-50(109)44(103)38(97)23(119-71)10-30(93)80-82-63(113)61-59(46(105)52(111)74(133-61)128-55-32(76-19(4)89)66(117-8)122-26(13-85)40(55)99)131-68-34(78-21(6)91)57(42(101)28(15-87)124-68)129-72-48(107)36(95)17(2)53(125-72)64(114)115/h11,16-17,22-28,31-61,65-74,84-87,94-111H,9-10,12-15H2,1-8H3,(H,75,88)(H,76,89)(H,77,90)(H,78,91)(H,79,92)(H,80,93)(H,81,112)(H,82,113)(H,114,115)/t16-,17+,22?,23?,24?,25?,26?,27?,28?,31?,32?,33?,34?,35+,36+,37-,38-,39-,40-,41-,42-,43+,44+,45-,46-,47?,48?,49?,50?,51?,52?,53?,54-,55-,56-,57-,58+,59+,60?,61?,65-,66-,67+,68+,69+,70-,71-,72+,73-,74-/m1/s1. The molecule has 134 heavy (non-hydrogen) atoms. The number of rotatable bonds is 32. The summed E-state index contributed by atoms with van der Waals surface area (Å²) < 4.78 is 109. The average molecular weight is 1950 g/mol. The molecule has 10 fully saturated rings. The number of aliphatic hydroxyl groups is 22. The summed E-state index contributed by atoms with van der Waals surface area (Å²) in [4.78, 5) is 133. The maximum absolute atomic E-state index is 14.8. The molecule has 0 aliphatic carbocycles. The monoisotopic (exact) mass is 1950 g/mol. The zero-order chi connectivity index (χ0) is 99.1. The third-order valence-electron chi connectivity index (χ3n) is 24.0. The largest absolute Gasteiger partial charge is 0.479 e. The van der Waals surface area contributed by atoms with Crippen LogP contribution in [0.5, 0.6) is 0 Å². The van der Waals surface area contributed by atoms with Crippen LogP contribution < -0.4 is 43.0 Å². The molecule has 10 rings (SSSR count). The third-order valence-corrected chi connectivity index (χ3v) is 24.0. The van der Waals surface area contributed by atoms with Crippen LogP contribution in [0.2, 0.25) is 0 Å². The molecular formula is C74H118N8O52.